The van der Waals surface area contributed by atoms with Gasteiger partial charge < -0.3 is 20.3 Å². The molecule has 2 fully saturated rings. The van der Waals surface area contributed by atoms with Gasteiger partial charge in [0.25, 0.3) is 0 Å². The van der Waals surface area contributed by atoms with E-state index in [0.717, 1.165) is 36.6 Å². The van der Waals surface area contributed by atoms with E-state index in [1.165, 1.54) is 43.8 Å². The fourth-order valence-electron chi connectivity index (χ4n) is 3.49. The number of thiazole rings is 1. The average Bonchev–Trinajstić information content (AvgIpc) is 3.26. The summed E-state index contributed by atoms with van der Waals surface area (Å²) in [6, 6.07) is 0.506. The summed E-state index contributed by atoms with van der Waals surface area (Å²) in [7, 11) is 0. The van der Waals surface area contributed by atoms with Crippen molar-refractivity contribution >= 4 is 41.3 Å². The van der Waals surface area contributed by atoms with Gasteiger partial charge in [0.15, 0.2) is 5.96 Å². The van der Waals surface area contributed by atoms with Gasteiger partial charge >= 0.3 is 0 Å². The number of likely N-dealkylation sites (tertiary alicyclic amines) is 1. The maximum absolute atomic E-state index is 5.50. The number of hydrogen-bond acceptors (Lipinski definition) is 5. The molecule has 0 saturated carbocycles. The summed E-state index contributed by atoms with van der Waals surface area (Å²) in [5, 5.41) is 8.05. The summed E-state index contributed by atoms with van der Waals surface area (Å²) in [4.78, 5) is 12.9. The van der Waals surface area contributed by atoms with E-state index in [0.29, 0.717) is 12.6 Å². The molecule has 0 spiro atoms. The van der Waals surface area contributed by atoms with Crippen molar-refractivity contribution in [3.05, 3.63) is 16.1 Å². The van der Waals surface area contributed by atoms with Crippen molar-refractivity contribution in [3.8, 4) is 0 Å². The molecule has 2 N–H and O–H groups in total. The van der Waals surface area contributed by atoms with E-state index in [1.807, 2.05) is 6.20 Å². The van der Waals surface area contributed by atoms with Crippen molar-refractivity contribution in [3.63, 3.8) is 0 Å². The van der Waals surface area contributed by atoms with Crippen LogP contribution < -0.4 is 10.6 Å². The van der Waals surface area contributed by atoms with Crippen molar-refractivity contribution in [2.24, 2.45) is 10.9 Å². The topological polar surface area (TPSA) is 61.8 Å². The van der Waals surface area contributed by atoms with Gasteiger partial charge in [0.05, 0.1) is 13.2 Å². The minimum atomic E-state index is 0. The summed E-state index contributed by atoms with van der Waals surface area (Å²) in [6.45, 7) is 11.1. The van der Waals surface area contributed by atoms with E-state index in [1.54, 1.807) is 11.3 Å². The molecule has 0 aromatic carbocycles. The number of nitrogens with one attached hydrogen (secondary N) is 2. The molecular weight excluding hydrogens is 461 g/mol. The van der Waals surface area contributed by atoms with Crippen LogP contribution in [0.25, 0.3) is 0 Å². The summed E-state index contributed by atoms with van der Waals surface area (Å²) < 4.78 is 5.50. The fraction of sp³-hybridized carbons (Fsp3) is 0.778. The Morgan fingerprint density at radius 3 is 2.81 bits per heavy atom. The van der Waals surface area contributed by atoms with Crippen LogP contribution in [0.3, 0.4) is 0 Å². The monoisotopic (exact) mass is 493 g/mol. The van der Waals surface area contributed by atoms with Crippen molar-refractivity contribution in [2.75, 3.05) is 39.4 Å². The summed E-state index contributed by atoms with van der Waals surface area (Å²) in [5.41, 5.74) is 0. The zero-order valence-electron chi connectivity index (χ0n) is 15.9. The number of aliphatic imine (C=N–C) groups is 1. The lowest BCUT2D eigenvalue weighted by atomic mass is 10.0. The molecular formula is C18H32IN5OS. The van der Waals surface area contributed by atoms with Crippen molar-refractivity contribution in [2.45, 2.75) is 45.7 Å². The van der Waals surface area contributed by atoms with Crippen LogP contribution in [0.1, 0.15) is 36.1 Å². The number of halogens is 1. The molecule has 26 heavy (non-hydrogen) atoms. The predicted octanol–water partition coefficient (Wildman–Crippen LogP) is 2.63. The molecule has 148 valence electrons. The van der Waals surface area contributed by atoms with Gasteiger partial charge in [-0.25, -0.2) is 9.98 Å². The molecule has 0 radical (unpaired) electrons. The van der Waals surface area contributed by atoms with Crippen LogP contribution in [-0.4, -0.2) is 61.3 Å². The van der Waals surface area contributed by atoms with Gasteiger partial charge in [0.1, 0.15) is 5.01 Å². The van der Waals surface area contributed by atoms with Crippen LogP contribution in [0, 0.1) is 12.8 Å². The highest BCUT2D eigenvalue weighted by atomic mass is 127. The van der Waals surface area contributed by atoms with Crippen LogP contribution in [0.4, 0.5) is 0 Å². The number of nitrogens with zero attached hydrogens (tertiary/aromatic N) is 3. The Balaban J connectivity index is 0.00000243. The van der Waals surface area contributed by atoms with Crippen molar-refractivity contribution < 1.29 is 4.74 Å². The number of rotatable bonds is 6. The number of ether oxygens (including phenoxy) is 1. The Kier molecular flexibility index (Phi) is 9.58. The molecule has 1 aromatic heterocycles. The zero-order valence-corrected chi connectivity index (χ0v) is 19.0. The fourth-order valence-corrected chi connectivity index (χ4v) is 4.20. The zero-order chi connectivity index (χ0) is 17.5. The highest BCUT2D eigenvalue weighted by Gasteiger charge is 2.24. The molecule has 2 saturated heterocycles. The lowest BCUT2D eigenvalue weighted by Gasteiger charge is -2.34. The minimum Gasteiger partial charge on any atom is -0.381 e. The van der Waals surface area contributed by atoms with Gasteiger partial charge in [-0.05, 0) is 39.0 Å². The maximum atomic E-state index is 5.50. The van der Waals surface area contributed by atoms with E-state index in [-0.39, 0.29) is 24.0 Å². The minimum absolute atomic E-state index is 0. The quantitative estimate of drug-likeness (QED) is 0.363. The molecule has 3 rings (SSSR count). The van der Waals surface area contributed by atoms with E-state index in [4.69, 9.17) is 9.73 Å². The van der Waals surface area contributed by atoms with Gasteiger partial charge in [-0.2, -0.15) is 0 Å². The van der Waals surface area contributed by atoms with E-state index in [9.17, 15) is 0 Å². The van der Waals surface area contributed by atoms with Gasteiger partial charge in [-0.15, -0.1) is 35.3 Å². The molecule has 6 nitrogen and oxygen atoms in total. The first-order valence-electron chi connectivity index (χ1n) is 9.49. The molecule has 2 aliphatic rings. The Morgan fingerprint density at radius 1 is 1.38 bits per heavy atom. The molecule has 0 amide bonds. The largest absolute Gasteiger partial charge is 0.381 e. The molecule has 1 atom stereocenters. The Morgan fingerprint density at radius 2 is 2.19 bits per heavy atom. The van der Waals surface area contributed by atoms with Crippen LogP contribution in [0.15, 0.2) is 11.2 Å². The normalized spacial score (nSPS) is 22.2. The molecule has 2 aliphatic heterocycles. The van der Waals surface area contributed by atoms with E-state index < -0.39 is 0 Å². The van der Waals surface area contributed by atoms with Crippen molar-refractivity contribution in [1.29, 1.82) is 0 Å². The van der Waals surface area contributed by atoms with Crippen LogP contribution in [0.2, 0.25) is 0 Å². The second-order valence-electron chi connectivity index (χ2n) is 7.01. The number of aryl methyl sites for hydroxylation is 1. The van der Waals surface area contributed by atoms with Gasteiger partial charge in [0, 0.05) is 49.9 Å². The lowest BCUT2D eigenvalue weighted by molar-refractivity contribution is 0.150. The third kappa shape index (κ3) is 6.94. The standard InChI is InChI=1S/C18H31N5OS.HI/c1-3-19-18(21-11-17-20-10-14(2)25-17)22-16-4-7-23(8-5-16)12-15-6-9-24-13-15;/h10,15-16H,3-9,11-13H2,1-2H3,(H2,19,21,22);1H. The van der Waals surface area contributed by atoms with Crippen molar-refractivity contribution in [1.82, 2.24) is 20.5 Å². The van der Waals surface area contributed by atoms with Crippen LogP contribution in [-0.2, 0) is 11.3 Å². The Bertz CT molecular complexity index is 554. The highest BCUT2D eigenvalue weighted by Crippen LogP contribution is 2.18. The highest BCUT2D eigenvalue weighted by molar-refractivity contribution is 14.0. The number of hydrogen-bond donors (Lipinski definition) is 2. The molecule has 1 aromatic rings. The first-order chi connectivity index (χ1) is 12.2. The van der Waals surface area contributed by atoms with Gasteiger partial charge in [-0.3, -0.25) is 0 Å². The number of aromatic nitrogens is 1. The van der Waals surface area contributed by atoms with Crippen LogP contribution >= 0.6 is 35.3 Å². The maximum Gasteiger partial charge on any atom is 0.191 e. The SMILES string of the molecule is CCNC(=NCc1ncc(C)s1)NC1CCN(CC2CCOC2)CC1.I. The van der Waals surface area contributed by atoms with E-state index >= 15 is 0 Å². The Labute approximate surface area is 178 Å². The molecule has 0 bridgehead atoms. The molecule has 1 unspecified atom stereocenters. The second-order valence-corrected chi connectivity index (χ2v) is 8.33. The van der Waals surface area contributed by atoms with Crippen LogP contribution in [0.5, 0.6) is 0 Å². The smallest absolute Gasteiger partial charge is 0.191 e. The second kappa shape index (κ2) is 11.4. The number of piperidine rings is 1. The first kappa shape index (κ1) is 21.8. The average molecular weight is 493 g/mol. The predicted molar refractivity (Wildman–Crippen MR) is 119 cm³/mol. The third-order valence-corrected chi connectivity index (χ3v) is 5.75. The van der Waals surface area contributed by atoms with E-state index in [2.05, 4.69) is 34.4 Å². The molecule has 3 heterocycles. The lowest BCUT2D eigenvalue weighted by Crippen LogP contribution is -2.49. The number of guanidine groups is 1. The summed E-state index contributed by atoms with van der Waals surface area (Å²) >= 11 is 1.72. The first-order valence-corrected chi connectivity index (χ1v) is 10.3. The molecule has 0 aliphatic carbocycles. The summed E-state index contributed by atoms with van der Waals surface area (Å²) in [5.74, 6) is 1.66. The third-order valence-electron chi connectivity index (χ3n) is 4.85. The Hall–Kier alpha value is -0.450. The summed E-state index contributed by atoms with van der Waals surface area (Å²) in [6.07, 6.45) is 5.50. The van der Waals surface area contributed by atoms with Gasteiger partial charge in [-0.1, -0.05) is 0 Å². The van der Waals surface area contributed by atoms with Gasteiger partial charge in [0.2, 0.25) is 0 Å². The molecule has 8 heteroatoms.